The van der Waals surface area contributed by atoms with Gasteiger partial charge in [0.05, 0.1) is 0 Å². The summed E-state index contributed by atoms with van der Waals surface area (Å²) in [6.45, 7) is -5.01. The van der Waals surface area contributed by atoms with Crippen LogP contribution >= 0.6 is 0 Å². The molecule has 0 aliphatic rings. The van der Waals surface area contributed by atoms with Crippen molar-refractivity contribution in [3.63, 3.8) is 0 Å². The van der Waals surface area contributed by atoms with E-state index in [2.05, 4.69) is 4.18 Å². The van der Waals surface area contributed by atoms with Crippen LogP contribution in [0.3, 0.4) is 0 Å². The summed E-state index contributed by atoms with van der Waals surface area (Å²) < 4.78 is 227. The van der Waals surface area contributed by atoms with Crippen molar-refractivity contribution in [3.05, 3.63) is 0 Å². The van der Waals surface area contributed by atoms with Crippen LogP contribution in [0.25, 0.3) is 0 Å². The molecule has 0 aliphatic heterocycles. The zero-order chi connectivity index (χ0) is 26.8. The molecule has 0 atom stereocenters. The molecule has 0 spiro atoms. The van der Waals surface area contributed by atoms with E-state index in [0.717, 1.165) is 0 Å². The van der Waals surface area contributed by atoms with Crippen molar-refractivity contribution >= 4 is 10.1 Å². The molecule has 1 N–H and O–H groups in total. The Morgan fingerprint density at radius 3 is 1.22 bits per heavy atom. The summed E-state index contributed by atoms with van der Waals surface area (Å²) in [7, 11) is -7.60. The van der Waals surface area contributed by atoms with Gasteiger partial charge in [-0.2, -0.15) is 65.5 Å². The average Bonchev–Trinajstić information content (AvgIpc) is 2.58. The molecule has 0 heterocycles. The SMILES string of the molecule is O=S(=O)(OCC(F)(F)C(F)F)C(F)(F)C(F)(F)C(F)(F)C(F)(F)F.OCC(F)(F)C(F)F. The molecule has 0 unspecified atom stereocenters. The highest BCUT2D eigenvalue weighted by atomic mass is 32.2. The highest BCUT2D eigenvalue weighted by Gasteiger charge is 2.85. The van der Waals surface area contributed by atoms with Gasteiger partial charge in [0.15, 0.2) is 0 Å². The van der Waals surface area contributed by atoms with Crippen molar-refractivity contribution in [1.29, 1.82) is 0 Å². The van der Waals surface area contributed by atoms with E-state index < -0.39 is 71.3 Å². The first-order chi connectivity index (χ1) is 13.7. The molecule has 0 rings (SSSR count). The number of aliphatic hydroxyl groups excluding tert-OH is 1. The first-order valence-corrected chi connectivity index (χ1v) is 8.08. The fraction of sp³-hybridized carbons (Fsp3) is 1.00. The van der Waals surface area contributed by atoms with E-state index in [1.54, 1.807) is 0 Å². The Morgan fingerprint density at radius 1 is 0.656 bits per heavy atom. The molecule has 0 saturated heterocycles. The van der Waals surface area contributed by atoms with Gasteiger partial charge in [0, 0.05) is 0 Å². The quantitative estimate of drug-likeness (QED) is 0.341. The van der Waals surface area contributed by atoms with Gasteiger partial charge in [0.1, 0.15) is 13.2 Å². The Labute approximate surface area is 165 Å². The zero-order valence-corrected chi connectivity index (χ0v) is 14.9. The maximum atomic E-state index is 12.9. The molecule has 32 heavy (non-hydrogen) atoms. The molecule has 0 aliphatic carbocycles. The molecule has 0 aromatic heterocycles. The third kappa shape index (κ3) is 6.84. The van der Waals surface area contributed by atoms with Crippen LogP contribution in [0.15, 0.2) is 0 Å². The van der Waals surface area contributed by atoms with Gasteiger partial charge >= 0.3 is 58.1 Å². The van der Waals surface area contributed by atoms with E-state index in [1.165, 1.54) is 0 Å². The van der Waals surface area contributed by atoms with Crippen molar-refractivity contribution in [2.75, 3.05) is 13.2 Å². The standard InChI is InChI=1S/C7H3F13O3S.C3H4F4O/c8-2(9)3(10,11)1-23-24(21,22)7(19,20)5(14,15)4(12,13)6(16,17)18;4-2(5)3(6,7)1-8/h2H,1H2;2,8H,1H2. The monoisotopic (exact) mass is 546 g/mol. The lowest BCUT2D eigenvalue weighted by Crippen LogP contribution is -2.63. The maximum Gasteiger partial charge on any atom is 0.460 e. The Morgan fingerprint density at radius 2 is 1.00 bits per heavy atom. The van der Waals surface area contributed by atoms with Crippen LogP contribution in [-0.4, -0.2) is 74.7 Å². The molecule has 0 radical (unpaired) electrons. The van der Waals surface area contributed by atoms with Crippen LogP contribution < -0.4 is 0 Å². The minimum absolute atomic E-state index is 1.80. The molecule has 0 bridgehead atoms. The fourth-order valence-electron chi connectivity index (χ4n) is 0.880. The van der Waals surface area contributed by atoms with Gasteiger partial charge in [-0.05, 0) is 0 Å². The number of hydrogen-bond donors (Lipinski definition) is 1. The second-order valence-electron chi connectivity index (χ2n) is 5.16. The molecule has 0 amide bonds. The van der Waals surface area contributed by atoms with Gasteiger partial charge in [-0.25, -0.2) is 17.6 Å². The third-order valence-corrected chi connectivity index (χ3v) is 4.00. The van der Waals surface area contributed by atoms with Gasteiger partial charge in [0.25, 0.3) is 0 Å². The predicted molar refractivity (Wildman–Crippen MR) is 64.8 cm³/mol. The summed E-state index contributed by atoms with van der Waals surface area (Å²) in [5.41, 5.74) is 0. The maximum absolute atomic E-state index is 12.9. The number of aliphatic hydroxyl groups is 1. The van der Waals surface area contributed by atoms with Crippen LogP contribution in [0.5, 0.6) is 0 Å². The minimum Gasteiger partial charge on any atom is -0.390 e. The normalized spacial score (nSPS) is 15.1. The second-order valence-corrected chi connectivity index (χ2v) is 6.82. The fourth-order valence-corrected chi connectivity index (χ4v) is 1.78. The van der Waals surface area contributed by atoms with Gasteiger partial charge in [-0.1, -0.05) is 0 Å². The molecular weight excluding hydrogens is 539 g/mol. The topological polar surface area (TPSA) is 63.6 Å². The van der Waals surface area contributed by atoms with E-state index in [0.29, 0.717) is 0 Å². The minimum atomic E-state index is -7.71. The number of halogens is 17. The second kappa shape index (κ2) is 9.89. The first kappa shape index (κ1) is 32.9. The Hall–Kier alpha value is -1.32. The molecule has 4 nitrogen and oxygen atoms in total. The summed E-state index contributed by atoms with van der Waals surface area (Å²) in [5.74, 6) is -25.1. The molecule has 0 aromatic carbocycles. The van der Waals surface area contributed by atoms with Crippen molar-refractivity contribution in [2.24, 2.45) is 0 Å². The van der Waals surface area contributed by atoms with E-state index in [-0.39, 0.29) is 0 Å². The predicted octanol–water partition coefficient (Wildman–Crippen LogP) is 4.54. The molecule has 22 heteroatoms. The Balaban J connectivity index is 0. The number of alkyl halides is 17. The lowest BCUT2D eigenvalue weighted by Gasteiger charge is -2.32. The van der Waals surface area contributed by atoms with Crippen molar-refractivity contribution in [1.82, 2.24) is 0 Å². The first-order valence-electron chi connectivity index (χ1n) is 6.67. The van der Waals surface area contributed by atoms with Gasteiger partial charge in [0.2, 0.25) is 0 Å². The number of rotatable bonds is 9. The van der Waals surface area contributed by atoms with E-state index in [4.69, 9.17) is 5.11 Å². The molecule has 0 aromatic rings. The summed E-state index contributed by atoms with van der Waals surface area (Å²) in [6, 6.07) is 0. The lowest BCUT2D eigenvalue weighted by atomic mass is 10.1. The lowest BCUT2D eigenvalue weighted by molar-refractivity contribution is -0.382. The van der Waals surface area contributed by atoms with Crippen molar-refractivity contribution in [3.8, 4) is 0 Å². The summed E-state index contributed by atoms with van der Waals surface area (Å²) >= 11 is 0. The van der Waals surface area contributed by atoms with E-state index in [9.17, 15) is 83.1 Å². The average molecular weight is 546 g/mol. The van der Waals surface area contributed by atoms with Crippen LogP contribution in [0, 0.1) is 0 Å². The summed E-state index contributed by atoms with van der Waals surface area (Å²) in [4.78, 5) is 0. The van der Waals surface area contributed by atoms with Crippen molar-refractivity contribution in [2.45, 2.75) is 48.0 Å². The zero-order valence-electron chi connectivity index (χ0n) is 14.1. The third-order valence-electron chi connectivity index (χ3n) is 2.69. The van der Waals surface area contributed by atoms with Gasteiger partial charge < -0.3 is 5.11 Å². The number of hydrogen-bond acceptors (Lipinski definition) is 4. The van der Waals surface area contributed by atoms with E-state index >= 15 is 0 Å². The highest BCUT2D eigenvalue weighted by molar-refractivity contribution is 7.87. The molecule has 0 fully saturated rings. The summed E-state index contributed by atoms with van der Waals surface area (Å²) in [6.07, 6.45) is -15.9. The van der Waals surface area contributed by atoms with Gasteiger partial charge in [-0.3, -0.25) is 4.18 Å². The molecule has 0 saturated carbocycles. The van der Waals surface area contributed by atoms with Crippen LogP contribution in [0.4, 0.5) is 74.6 Å². The Kier molecular flexibility index (Phi) is 10.2. The van der Waals surface area contributed by atoms with Crippen LogP contribution in [0.2, 0.25) is 0 Å². The molecule has 196 valence electrons. The summed E-state index contributed by atoms with van der Waals surface area (Å²) in [5, 5.41) is 0.143. The van der Waals surface area contributed by atoms with E-state index in [1.807, 2.05) is 0 Å². The van der Waals surface area contributed by atoms with Crippen molar-refractivity contribution < 1.29 is 92.3 Å². The van der Waals surface area contributed by atoms with Crippen LogP contribution in [-0.2, 0) is 14.3 Å². The van der Waals surface area contributed by atoms with Gasteiger partial charge in [-0.15, -0.1) is 0 Å². The largest absolute Gasteiger partial charge is 0.460 e. The smallest absolute Gasteiger partial charge is 0.390 e. The highest BCUT2D eigenvalue weighted by Crippen LogP contribution is 2.55. The van der Waals surface area contributed by atoms with Crippen LogP contribution in [0.1, 0.15) is 0 Å². The molecular formula is C10H7F17O4S. The Bertz CT molecular complexity index is 699.